The lowest BCUT2D eigenvalue weighted by atomic mass is 10.2. The Morgan fingerprint density at radius 3 is 3.00 bits per heavy atom. The minimum atomic E-state index is -1.10. The summed E-state index contributed by atoms with van der Waals surface area (Å²) >= 11 is 5.78. The Bertz CT molecular complexity index is 652. The molecule has 1 aromatic heterocycles. The Hall–Kier alpha value is -2.08. The fourth-order valence-electron chi connectivity index (χ4n) is 1.73. The lowest BCUT2D eigenvalue weighted by molar-refractivity contribution is 0.0696. The van der Waals surface area contributed by atoms with Crippen LogP contribution in [0.25, 0.3) is 0 Å². The van der Waals surface area contributed by atoms with E-state index in [1.54, 1.807) is 6.07 Å². The number of ether oxygens (including phenoxy) is 1. The van der Waals surface area contributed by atoms with E-state index in [-0.39, 0.29) is 17.2 Å². The van der Waals surface area contributed by atoms with E-state index in [0.29, 0.717) is 23.4 Å². The fourth-order valence-corrected chi connectivity index (χ4v) is 1.93. The summed E-state index contributed by atoms with van der Waals surface area (Å²) in [6.07, 6.45) is 2.17. The molecule has 1 N–H and O–H groups in total. The second kappa shape index (κ2) is 5.13. The molecule has 0 radical (unpaired) electrons. The summed E-state index contributed by atoms with van der Waals surface area (Å²) in [7, 11) is 0. The highest BCUT2D eigenvalue weighted by Crippen LogP contribution is 2.38. The monoisotopic (exact) mass is 294 g/mol. The molecule has 1 saturated carbocycles. The molecule has 0 aliphatic heterocycles. The Labute approximate surface area is 119 Å². The molecule has 1 fully saturated rings. The quantitative estimate of drug-likeness (QED) is 0.912. The second-order valence-electron chi connectivity index (χ2n) is 4.56. The van der Waals surface area contributed by atoms with Crippen LogP contribution in [0.15, 0.2) is 22.7 Å². The molecule has 2 aromatic rings. The summed E-state index contributed by atoms with van der Waals surface area (Å²) in [6.45, 7) is 0.122. The van der Waals surface area contributed by atoms with E-state index >= 15 is 0 Å². The van der Waals surface area contributed by atoms with E-state index in [1.807, 2.05) is 0 Å². The van der Waals surface area contributed by atoms with Crippen molar-refractivity contribution in [3.8, 4) is 5.75 Å². The maximum absolute atomic E-state index is 11.0. The first-order valence-electron chi connectivity index (χ1n) is 6.11. The predicted molar refractivity (Wildman–Crippen MR) is 69.0 cm³/mol. The second-order valence-corrected chi connectivity index (χ2v) is 4.97. The maximum Gasteiger partial charge on any atom is 0.337 e. The molecular formula is C13H11ClN2O4. The van der Waals surface area contributed by atoms with Gasteiger partial charge in [0.1, 0.15) is 5.75 Å². The number of benzene rings is 1. The van der Waals surface area contributed by atoms with Gasteiger partial charge in [0.2, 0.25) is 11.7 Å². The molecule has 0 saturated heterocycles. The summed E-state index contributed by atoms with van der Waals surface area (Å²) < 4.78 is 10.5. The third kappa shape index (κ3) is 2.75. The first-order chi connectivity index (χ1) is 9.63. The van der Waals surface area contributed by atoms with Crippen LogP contribution >= 0.6 is 11.6 Å². The van der Waals surface area contributed by atoms with E-state index in [9.17, 15) is 4.79 Å². The lowest BCUT2D eigenvalue weighted by Gasteiger charge is -2.05. The normalized spacial score (nSPS) is 14.2. The summed E-state index contributed by atoms with van der Waals surface area (Å²) in [5.41, 5.74) is -0.00375. The van der Waals surface area contributed by atoms with Gasteiger partial charge in [0, 0.05) is 5.92 Å². The van der Waals surface area contributed by atoms with Gasteiger partial charge in [-0.25, -0.2) is 4.79 Å². The van der Waals surface area contributed by atoms with Gasteiger partial charge in [-0.15, -0.1) is 0 Å². The van der Waals surface area contributed by atoms with Crippen LogP contribution in [0.4, 0.5) is 0 Å². The standard InChI is InChI=1S/C13H11ClN2O4/c14-10-4-3-8(5-9(10)13(17)18)19-6-11-15-12(20-16-11)7-1-2-7/h3-5,7H,1-2,6H2,(H,17,18). The predicted octanol–water partition coefficient (Wildman–Crippen LogP) is 2.88. The number of carboxylic acids is 1. The smallest absolute Gasteiger partial charge is 0.337 e. The summed E-state index contributed by atoms with van der Waals surface area (Å²) in [5.74, 6) is 0.774. The Balaban J connectivity index is 1.67. The molecular weight excluding hydrogens is 284 g/mol. The van der Waals surface area contributed by atoms with Gasteiger partial charge in [0.05, 0.1) is 10.6 Å². The third-order valence-corrected chi connectivity index (χ3v) is 3.28. The molecule has 6 nitrogen and oxygen atoms in total. The van der Waals surface area contributed by atoms with Crippen LogP contribution in [0.3, 0.4) is 0 Å². The van der Waals surface area contributed by atoms with Gasteiger partial charge in [0.15, 0.2) is 6.61 Å². The maximum atomic E-state index is 11.0. The van der Waals surface area contributed by atoms with Crippen LogP contribution in [0, 0.1) is 0 Å². The summed E-state index contributed by atoms with van der Waals surface area (Å²) in [6, 6.07) is 4.44. The van der Waals surface area contributed by atoms with Crippen molar-refractivity contribution in [1.82, 2.24) is 10.1 Å². The van der Waals surface area contributed by atoms with Gasteiger partial charge in [-0.05, 0) is 31.0 Å². The highest BCUT2D eigenvalue weighted by Gasteiger charge is 2.29. The van der Waals surface area contributed by atoms with Crippen molar-refractivity contribution in [2.24, 2.45) is 0 Å². The van der Waals surface area contributed by atoms with Crippen molar-refractivity contribution in [3.05, 3.63) is 40.5 Å². The largest absolute Gasteiger partial charge is 0.485 e. The zero-order valence-corrected chi connectivity index (χ0v) is 11.1. The van der Waals surface area contributed by atoms with Crippen molar-refractivity contribution in [2.75, 3.05) is 0 Å². The van der Waals surface area contributed by atoms with Crippen molar-refractivity contribution in [2.45, 2.75) is 25.4 Å². The van der Waals surface area contributed by atoms with Gasteiger partial charge in [-0.1, -0.05) is 16.8 Å². The number of hydrogen-bond donors (Lipinski definition) is 1. The van der Waals surface area contributed by atoms with Crippen molar-refractivity contribution in [1.29, 1.82) is 0 Å². The van der Waals surface area contributed by atoms with Gasteiger partial charge < -0.3 is 14.4 Å². The average Bonchev–Trinajstić information content (AvgIpc) is 3.17. The molecule has 1 heterocycles. The number of carbonyl (C=O) groups is 1. The van der Waals surface area contributed by atoms with Crippen LogP contribution in [0.5, 0.6) is 5.75 Å². The zero-order chi connectivity index (χ0) is 14.1. The minimum Gasteiger partial charge on any atom is -0.485 e. The van der Waals surface area contributed by atoms with E-state index in [0.717, 1.165) is 12.8 Å². The summed E-state index contributed by atoms with van der Waals surface area (Å²) in [5, 5.41) is 12.9. The summed E-state index contributed by atoms with van der Waals surface area (Å²) in [4.78, 5) is 15.2. The number of hydrogen-bond acceptors (Lipinski definition) is 5. The van der Waals surface area contributed by atoms with Crippen molar-refractivity contribution in [3.63, 3.8) is 0 Å². The number of aromatic carboxylic acids is 1. The zero-order valence-electron chi connectivity index (χ0n) is 10.4. The molecule has 1 aliphatic carbocycles. The highest BCUT2D eigenvalue weighted by atomic mass is 35.5. The highest BCUT2D eigenvalue weighted by molar-refractivity contribution is 6.33. The van der Waals surface area contributed by atoms with Crippen LogP contribution in [-0.4, -0.2) is 21.2 Å². The lowest BCUT2D eigenvalue weighted by Crippen LogP contribution is -2.01. The topological polar surface area (TPSA) is 85.5 Å². The van der Waals surface area contributed by atoms with Crippen molar-refractivity contribution >= 4 is 17.6 Å². The van der Waals surface area contributed by atoms with Crippen LogP contribution < -0.4 is 4.74 Å². The molecule has 3 rings (SSSR count). The minimum absolute atomic E-state index is 0.00375. The van der Waals surface area contributed by atoms with E-state index < -0.39 is 5.97 Å². The molecule has 0 amide bonds. The first-order valence-corrected chi connectivity index (χ1v) is 6.49. The third-order valence-electron chi connectivity index (χ3n) is 2.95. The van der Waals surface area contributed by atoms with Gasteiger partial charge in [-0.3, -0.25) is 0 Å². The molecule has 0 unspecified atom stereocenters. The molecule has 104 valence electrons. The van der Waals surface area contributed by atoms with Crippen LogP contribution in [0.1, 0.15) is 40.8 Å². The van der Waals surface area contributed by atoms with Crippen LogP contribution in [0.2, 0.25) is 5.02 Å². The van der Waals surface area contributed by atoms with E-state index in [2.05, 4.69) is 10.1 Å². The Kier molecular flexibility index (Phi) is 3.31. The fraction of sp³-hybridized carbons (Fsp3) is 0.308. The van der Waals surface area contributed by atoms with Gasteiger partial charge in [0.25, 0.3) is 0 Å². The number of halogens is 1. The number of aromatic nitrogens is 2. The average molecular weight is 295 g/mol. The van der Waals surface area contributed by atoms with Gasteiger partial charge >= 0.3 is 5.97 Å². The Morgan fingerprint density at radius 1 is 1.50 bits per heavy atom. The van der Waals surface area contributed by atoms with Crippen molar-refractivity contribution < 1.29 is 19.2 Å². The van der Waals surface area contributed by atoms with Gasteiger partial charge in [-0.2, -0.15) is 4.98 Å². The molecule has 0 atom stereocenters. The number of nitrogens with zero attached hydrogens (tertiary/aromatic N) is 2. The molecule has 1 aromatic carbocycles. The van der Waals surface area contributed by atoms with E-state index in [1.165, 1.54) is 12.1 Å². The number of rotatable bonds is 5. The molecule has 0 spiro atoms. The molecule has 1 aliphatic rings. The first kappa shape index (κ1) is 12.9. The molecule has 0 bridgehead atoms. The molecule has 7 heteroatoms. The van der Waals surface area contributed by atoms with Crippen LogP contribution in [-0.2, 0) is 6.61 Å². The molecule has 20 heavy (non-hydrogen) atoms. The number of carboxylic acid groups (broad SMARTS) is 1. The van der Waals surface area contributed by atoms with E-state index in [4.69, 9.17) is 26.0 Å². The Morgan fingerprint density at radius 2 is 2.30 bits per heavy atom. The SMILES string of the molecule is O=C(O)c1cc(OCc2noc(C3CC3)n2)ccc1Cl.